The summed E-state index contributed by atoms with van der Waals surface area (Å²) in [6, 6.07) is 6.83. The molecule has 2 aromatic rings. The van der Waals surface area contributed by atoms with Crippen molar-refractivity contribution in [2.75, 3.05) is 6.54 Å². The Kier molecular flexibility index (Phi) is 2.25. The molecule has 0 unspecified atom stereocenters. The van der Waals surface area contributed by atoms with E-state index in [0.29, 0.717) is 5.92 Å². The molecule has 0 spiro atoms. The van der Waals surface area contributed by atoms with E-state index in [9.17, 15) is 0 Å². The molecule has 16 heavy (non-hydrogen) atoms. The molecule has 84 valence electrons. The molecule has 3 rings (SSSR count). The standard InChI is InChI=1S/C14H18N2/c1-9(2)10-3-4-11-12-8-15-6-5-13(12)16-14(11)7-10/h3-4,7,9,15-16H,5-6,8H2,1-2H3. The van der Waals surface area contributed by atoms with Gasteiger partial charge in [-0.3, -0.25) is 0 Å². The van der Waals surface area contributed by atoms with Gasteiger partial charge in [0.05, 0.1) is 0 Å². The Morgan fingerprint density at radius 1 is 1.25 bits per heavy atom. The molecule has 2 nitrogen and oxygen atoms in total. The van der Waals surface area contributed by atoms with Crippen molar-refractivity contribution in [2.24, 2.45) is 0 Å². The largest absolute Gasteiger partial charge is 0.358 e. The van der Waals surface area contributed by atoms with Crippen LogP contribution in [0.1, 0.15) is 36.6 Å². The van der Waals surface area contributed by atoms with Crippen LogP contribution in [0.5, 0.6) is 0 Å². The van der Waals surface area contributed by atoms with Gasteiger partial charge in [0.15, 0.2) is 0 Å². The van der Waals surface area contributed by atoms with Crippen LogP contribution in [0.15, 0.2) is 18.2 Å². The summed E-state index contributed by atoms with van der Waals surface area (Å²) in [7, 11) is 0. The van der Waals surface area contributed by atoms with Gasteiger partial charge in [-0.15, -0.1) is 0 Å². The number of benzene rings is 1. The van der Waals surface area contributed by atoms with Gasteiger partial charge in [0.25, 0.3) is 0 Å². The molecule has 1 aromatic carbocycles. The summed E-state index contributed by atoms with van der Waals surface area (Å²) >= 11 is 0. The molecule has 0 amide bonds. The summed E-state index contributed by atoms with van der Waals surface area (Å²) in [5.74, 6) is 0.600. The Bertz CT molecular complexity index is 523. The summed E-state index contributed by atoms with van der Waals surface area (Å²) in [6.45, 7) is 6.59. The monoisotopic (exact) mass is 214 g/mol. The van der Waals surface area contributed by atoms with Crippen LogP contribution in [0.4, 0.5) is 0 Å². The molecule has 1 aliphatic rings. The Labute approximate surface area is 96.1 Å². The first-order valence-corrected chi connectivity index (χ1v) is 6.10. The quantitative estimate of drug-likeness (QED) is 0.750. The van der Waals surface area contributed by atoms with Gasteiger partial charge in [0.2, 0.25) is 0 Å². The SMILES string of the molecule is CC(C)c1ccc2c3c([nH]c2c1)CCNC3. The zero-order valence-electron chi connectivity index (χ0n) is 9.93. The average molecular weight is 214 g/mol. The minimum Gasteiger partial charge on any atom is -0.358 e. The lowest BCUT2D eigenvalue weighted by molar-refractivity contribution is 0.641. The Morgan fingerprint density at radius 2 is 2.12 bits per heavy atom. The first-order valence-electron chi connectivity index (χ1n) is 6.10. The second kappa shape index (κ2) is 3.63. The number of H-pyrrole nitrogens is 1. The molecule has 0 fully saturated rings. The minimum absolute atomic E-state index is 0.600. The van der Waals surface area contributed by atoms with Crippen molar-refractivity contribution in [3.05, 3.63) is 35.0 Å². The van der Waals surface area contributed by atoms with Gasteiger partial charge in [-0.05, 0) is 23.1 Å². The Morgan fingerprint density at radius 3 is 2.94 bits per heavy atom. The maximum Gasteiger partial charge on any atom is 0.0462 e. The van der Waals surface area contributed by atoms with E-state index in [1.165, 1.54) is 27.7 Å². The summed E-state index contributed by atoms with van der Waals surface area (Å²) in [5.41, 5.74) is 5.62. The van der Waals surface area contributed by atoms with E-state index < -0.39 is 0 Å². The molecule has 0 saturated heterocycles. The zero-order valence-corrected chi connectivity index (χ0v) is 9.93. The van der Waals surface area contributed by atoms with Gasteiger partial charge < -0.3 is 10.3 Å². The second-order valence-electron chi connectivity index (χ2n) is 4.97. The van der Waals surface area contributed by atoms with Gasteiger partial charge in [0, 0.05) is 36.1 Å². The van der Waals surface area contributed by atoms with Crippen LogP contribution in [-0.2, 0) is 13.0 Å². The molecule has 0 aliphatic carbocycles. The lowest BCUT2D eigenvalue weighted by Gasteiger charge is -2.12. The summed E-state index contributed by atoms with van der Waals surface area (Å²) in [4.78, 5) is 3.57. The zero-order chi connectivity index (χ0) is 11.1. The van der Waals surface area contributed by atoms with Gasteiger partial charge in [-0.25, -0.2) is 0 Å². The van der Waals surface area contributed by atoms with Gasteiger partial charge >= 0.3 is 0 Å². The minimum atomic E-state index is 0.600. The van der Waals surface area contributed by atoms with Gasteiger partial charge in [-0.2, -0.15) is 0 Å². The van der Waals surface area contributed by atoms with Crippen LogP contribution in [0, 0.1) is 0 Å². The summed E-state index contributed by atoms with van der Waals surface area (Å²) in [6.07, 6.45) is 1.13. The van der Waals surface area contributed by atoms with Crippen LogP contribution in [0.2, 0.25) is 0 Å². The van der Waals surface area contributed by atoms with E-state index in [1.807, 2.05) is 0 Å². The fourth-order valence-electron chi connectivity index (χ4n) is 2.53. The van der Waals surface area contributed by atoms with Crippen molar-refractivity contribution in [2.45, 2.75) is 32.7 Å². The third-order valence-electron chi connectivity index (χ3n) is 3.54. The molecule has 1 aliphatic heterocycles. The normalized spacial score (nSPS) is 15.7. The topological polar surface area (TPSA) is 27.8 Å². The molecule has 0 radical (unpaired) electrons. The molecule has 0 atom stereocenters. The van der Waals surface area contributed by atoms with Crippen LogP contribution in [0.3, 0.4) is 0 Å². The summed E-state index contributed by atoms with van der Waals surface area (Å²) in [5, 5.41) is 4.83. The van der Waals surface area contributed by atoms with E-state index >= 15 is 0 Å². The third kappa shape index (κ3) is 1.45. The first kappa shape index (κ1) is 9.91. The van der Waals surface area contributed by atoms with E-state index in [0.717, 1.165) is 19.5 Å². The van der Waals surface area contributed by atoms with Crippen LogP contribution in [-0.4, -0.2) is 11.5 Å². The Hall–Kier alpha value is -1.28. The second-order valence-corrected chi connectivity index (χ2v) is 4.97. The highest BCUT2D eigenvalue weighted by molar-refractivity contribution is 5.85. The lowest BCUT2D eigenvalue weighted by atomic mass is 10.00. The van der Waals surface area contributed by atoms with Crippen molar-refractivity contribution in [1.82, 2.24) is 10.3 Å². The van der Waals surface area contributed by atoms with E-state index in [1.54, 1.807) is 0 Å². The average Bonchev–Trinajstić information content (AvgIpc) is 2.66. The van der Waals surface area contributed by atoms with E-state index in [-0.39, 0.29) is 0 Å². The fraction of sp³-hybridized carbons (Fsp3) is 0.429. The number of rotatable bonds is 1. The lowest BCUT2D eigenvalue weighted by Crippen LogP contribution is -2.22. The molecule has 2 heterocycles. The van der Waals surface area contributed by atoms with Crippen molar-refractivity contribution < 1.29 is 0 Å². The molecule has 2 heteroatoms. The highest BCUT2D eigenvalue weighted by atomic mass is 14.9. The number of aromatic nitrogens is 1. The van der Waals surface area contributed by atoms with Crippen molar-refractivity contribution >= 4 is 10.9 Å². The molecular formula is C14H18N2. The van der Waals surface area contributed by atoms with Crippen molar-refractivity contribution in [3.63, 3.8) is 0 Å². The van der Waals surface area contributed by atoms with Gasteiger partial charge in [0.1, 0.15) is 0 Å². The number of hydrogen-bond donors (Lipinski definition) is 2. The highest BCUT2D eigenvalue weighted by Crippen LogP contribution is 2.27. The fourth-order valence-corrected chi connectivity index (χ4v) is 2.53. The van der Waals surface area contributed by atoms with Crippen LogP contribution in [0.25, 0.3) is 10.9 Å². The smallest absolute Gasteiger partial charge is 0.0462 e. The highest BCUT2D eigenvalue weighted by Gasteiger charge is 2.15. The number of nitrogens with one attached hydrogen (secondary N) is 2. The number of fused-ring (bicyclic) bond motifs is 3. The van der Waals surface area contributed by atoms with E-state index in [2.05, 4.69) is 42.3 Å². The van der Waals surface area contributed by atoms with E-state index in [4.69, 9.17) is 0 Å². The maximum atomic E-state index is 3.57. The predicted molar refractivity (Wildman–Crippen MR) is 67.8 cm³/mol. The van der Waals surface area contributed by atoms with Crippen LogP contribution < -0.4 is 5.32 Å². The molecule has 1 aromatic heterocycles. The number of hydrogen-bond acceptors (Lipinski definition) is 1. The predicted octanol–water partition coefficient (Wildman–Crippen LogP) is 2.94. The maximum absolute atomic E-state index is 3.57. The number of aromatic amines is 1. The third-order valence-corrected chi connectivity index (χ3v) is 3.54. The van der Waals surface area contributed by atoms with Crippen LogP contribution >= 0.6 is 0 Å². The van der Waals surface area contributed by atoms with Gasteiger partial charge in [-0.1, -0.05) is 26.0 Å². The molecule has 0 saturated carbocycles. The molecule has 0 bridgehead atoms. The first-order chi connectivity index (χ1) is 7.75. The summed E-state index contributed by atoms with van der Waals surface area (Å²) < 4.78 is 0. The van der Waals surface area contributed by atoms with Crippen molar-refractivity contribution in [3.8, 4) is 0 Å². The Balaban J connectivity index is 2.19. The molecule has 2 N–H and O–H groups in total. The molecular weight excluding hydrogens is 196 g/mol. The van der Waals surface area contributed by atoms with Crippen molar-refractivity contribution in [1.29, 1.82) is 0 Å².